The predicted octanol–water partition coefficient (Wildman–Crippen LogP) is 4.05. The molecule has 3 rings (SSSR count). The molecule has 1 aromatic carbocycles. The van der Waals surface area contributed by atoms with Gasteiger partial charge in [-0.3, -0.25) is 9.78 Å². The van der Waals surface area contributed by atoms with E-state index in [1.165, 1.54) is 12.7 Å². The first-order valence-electron chi connectivity index (χ1n) is 8.78. The van der Waals surface area contributed by atoms with Gasteiger partial charge in [0.15, 0.2) is 6.29 Å². The van der Waals surface area contributed by atoms with E-state index in [9.17, 15) is 9.59 Å². The van der Waals surface area contributed by atoms with Crippen LogP contribution in [0.25, 0.3) is 10.9 Å². The van der Waals surface area contributed by atoms with E-state index in [4.69, 9.17) is 4.74 Å². The molecule has 0 unspecified atom stereocenters. The van der Waals surface area contributed by atoms with Gasteiger partial charge in [0.1, 0.15) is 0 Å². The second-order valence-corrected chi connectivity index (χ2v) is 6.29. The second-order valence-electron chi connectivity index (χ2n) is 6.29. The zero-order chi connectivity index (χ0) is 18.4. The number of aromatic nitrogens is 2. The summed E-state index contributed by atoms with van der Waals surface area (Å²) in [5, 5.41) is 0.790. The maximum absolute atomic E-state index is 11.7. The number of esters is 1. The first kappa shape index (κ1) is 17.9. The van der Waals surface area contributed by atoms with Crippen molar-refractivity contribution < 1.29 is 14.3 Å². The maximum Gasteiger partial charge on any atom is 0.337 e. The highest BCUT2D eigenvalue weighted by Crippen LogP contribution is 2.23. The van der Waals surface area contributed by atoms with Crippen LogP contribution in [0.1, 0.15) is 45.5 Å². The number of hydrogen-bond donors (Lipinski definition) is 0. The first-order chi connectivity index (χ1) is 12.7. The van der Waals surface area contributed by atoms with E-state index >= 15 is 0 Å². The minimum absolute atomic E-state index is 0.396. The standard InChI is InChI=1S/C21H22N2O3/c1-26-21(25)17-8-9-20-19(12-17)18(15-24)14-23(20)11-4-2-3-6-16-7-5-10-22-13-16/h5,7-10,12-15H,2-4,6,11H2,1H3. The average molecular weight is 350 g/mol. The summed E-state index contributed by atoms with van der Waals surface area (Å²) in [4.78, 5) is 27.2. The van der Waals surface area contributed by atoms with E-state index in [-0.39, 0.29) is 0 Å². The number of hydrogen-bond acceptors (Lipinski definition) is 4. The summed E-state index contributed by atoms with van der Waals surface area (Å²) < 4.78 is 6.84. The fraction of sp³-hybridized carbons (Fsp3) is 0.286. The molecule has 0 spiro atoms. The lowest BCUT2D eigenvalue weighted by Crippen LogP contribution is -2.01. The van der Waals surface area contributed by atoms with Gasteiger partial charge in [0.2, 0.25) is 0 Å². The van der Waals surface area contributed by atoms with Crippen molar-refractivity contribution in [2.75, 3.05) is 7.11 Å². The fourth-order valence-electron chi connectivity index (χ4n) is 3.18. The van der Waals surface area contributed by atoms with Crippen LogP contribution in [0, 0.1) is 0 Å². The minimum atomic E-state index is -0.396. The van der Waals surface area contributed by atoms with Crippen LogP contribution in [0.4, 0.5) is 0 Å². The van der Waals surface area contributed by atoms with Crippen molar-refractivity contribution in [3.63, 3.8) is 0 Å². The van der Waals surface area contributed by atoms with Gasteiger partial charge in [0, 0.05) is 41.6 Å². The molecule has 0 amide bonds. The number of aldehydes is 1. The molecule has 0 N–H and O–H groups in total. The molecule has 2 heterocycles. The third-order valence-corrected chi connectivity index (χ3v) is 4.55. The quantitative estimate of drug-likeness (QED) is 0.349. The Morgan fingerprint density at radius 1 is 1.23 bits per heavy atom. The van der Waals surface area contributed by atoms with Gasteiger partial charge in [0.05, 0.1) is 12.7 Å². The van der Waals surface area contributed by atoms with Crippen LogP contribution in [0.5, 0.6) is 0 Å². The van der Waals surface area contributed by atoms with Gasteiger partial charge in [-0.05, 0) is 49.1 Å². The summed E-state index contributed by atoms with van der Waals surface area (Å²) in [5.74, 6) is -0.396. The summed E-state index contributed by atoms with van der Waals surface area (Å²) >= 11 is 0. The van der Waals surface area contributed by atoms with E-state index < -0.39 is 5.97 Å². The van der Waals surface area contributed by atoms with Crippen molar-refractivity contribution in [3.8, 4) is 0 Å². The van der Waals surface area contributed by atoms with E-state index in [1.54, 1.807) is 18.3 Å². The van der Waals surface area contributed by atoms with Gasteiger partial charge in [-0.25, -0.2) is 4.79 Å². The molecule has 0 aliphatic rings. The lowest BCUT2D eigenvalue weighted by atomic mass is 10.1. The Labute approximate surface area is 152 Å². The highest BCUT2D eigenvalue weighted by molar-refractivity contribution is 6.01. The minimum Gasteiger partial charge on any atom is -0.465 e. The van der Waals surface area contributed by atoms with Crippen molar-refractivity contribution >= 4 is 23.2 Å². The van der Waals surface area contributed by atoms with Gasteiger partial charge >= 0.3 is 5.97 Å². The van der Waals surface area contributed by atoms with Gasteiger partial charge in [-0.2, -0.15) is 0 Å². The Hall–Kier alpha value is -2.95. The Kier molecular flexibility index (Phi) is 5.79. The van der Waals surface area contributed by atoms with Gasteiger partial charge in [-0.15, -0.1) is 0 Å². The third kappa shape index (κ3) is 3.99. The normalized spacial score (nSPS) is 10.8. The molecule has 0 saturated heterocycles. The molecule has 0 fully saturated rings. The zero-order valence-corrected chi connectivity index (χ0v) is 14.9. The summed E-state index contributed by atoms with van der Waals surface area (Å²) in [6, 6.07) is 9.40. The lowest BCUT2D eigenvalue weighted by molar-refractivity contribution is 0.0600. The topological polar surface area (TPSA) is 61.2 Å². The molecule has 5 heteroatoms. The molecular formula is C21H22N2O3. The van der Waals surface area contributed by atoms with Crippen LogP contribution >= 0.6 is 0 Å². The summed E-state index contributed by atoms with van der Waals surface area (Å²) in [7, 11) is 1.35. The SMILES string of the molecule is COC(=O)c1ccc2c(c1)c(C=O)cn2CCCCCc1cccnc1. The van der Waals surface area contributed by atoms with Crippen LogP contribution in [0.2, 0.25) is 0 Å². The Morgan fingerprint density at radius 2 is 2.12 bits per heavy atom. The zero-order valence-electron chi connectivity index (χ0n) is 14.9. The maximum atomic E-state index is 11.7. The second kappa shape index (κ2) is 8.43. The first-order valence-corrected chi connectivity index (χ1v) is 8.78. The molecule has 0 radical (unpaired) electrons. The van der Waals surface area contributed by atoms with Gasteiger partial charge in [0.25, 0.3) is 0 Å². The third-order valence-electron chi connectivity index (χ3n) is 4.55. The average Bonchev–Trinajstić information content (AvgIpc) is 3.05. The highest BCUT2D eigenvalue weighted by atomic mass is 16.5. The lowest BCUT2D eigenvalue weighted by Gasteiger charge is -2.06. The fourth-order valence-corrected chi connectivity index (χ4v) is 3.18. The molecule has 0 bridgehead atoms. The molecular weight excluding hydrogens is 328 g/mol. The van der Waals surface area contributed by atoms with Crippen LogP contribution in [0.15, 0.2) is 48.9 Å². The summed E-state index contributed by atoms with van der Waals surface area (Å²) in [6.45, 7) is 0.842. The predicted molar refractivity (Wildman–Crippen MR) is 100 cm³/mol. The molecule has 5 nitrogen and oxygen atoms in total. The van der Waals surface area contributed by atoms with Crippen molar-refractivity contribution in [1.29, 1.82) is 0 Å². The number of fused-ring (bicyclic) bond motifs is 1. The number of carbonyl (C=O) groups is 2. The van der Waals surface area contributed by atoms with Gasteiger partial charge in [-0.1, -0.05) is 12.5 Å². The van der Waals surface area contributed by atoms with Crippen molar-refractivity contribution in [1.82, 2.24) is 9.55 Å². The number of aryl methyl sites for hydroxylation is 2. The Bertz CT molecular complexity index is 900. The molecule has 2 aromatic heterocycles. The Balaban J connectivity index is 1.64. The van der Waals surface area contributed by atoms with Gasteiger partial charge < -0.3 is 9.30 Å². The summed E-state index contributed by atoms with van der Waals surface area (Å²) in [5.41, 5.74) is 3.28. The van der Waals surface area contributed by atoms with Crippen LogP contribution in [-0.4, -0.2) is 28.9 Å². The monoisotopic (exact) mass is 350 g/mol. The van der Waals surface area contributed by atoms with Crippen molar-refractivity contribution in [2.45, 2.75) is 32.2 Å². The number of carbonyl (C=O) groups excluding carboxylic acids is 2. The number of methoxy groups -OCH3 is 1. The Morgan fingerprint density at radius 3 is 2.85 bits per heavy atom. The van der Waals surface area contributed by atoms with Crippen LogP contribution in [-0.2, 0) is 17.7 Å². The molecule has 26 heavy (non-hydrogen) atoms. The van der Waals surface area contributed by atoms with E-state index in [2.05, 4.69) is 15.6 Å². The number of rotatable bonds is 8. The smallest absolute Gasteiger partial charge is 0.337 e. The van der Waals surface area contributed by atoms with E-state index in [0.717, 1.165) is 49.4 Å². The highest BCUT2D eigenvalue weighted by Gasteiger charge is 2.12. The van der Waals surface area contributed by atoms with E-state index in [1.807, 2.05) is 24.5 Å². The van der Waals surface area contributed by atoms with Crippen molar-refractivity contribution in [2.24, 2.45) is 0 Å². The van der Waals surface area contributed by atoms with Crippen molar-refractivity contribution in [3.05, 3.63) is 65.6 Å². The van der Waals surface area contributed by atoms with Crippen LogP contribution < -0.4 is 0 Å². The molecule has 0 atom stereocenters. The number of benzene rings is 1. The largest absolute Gasteiger partial charge is 0.465 e. The molecule has 0 saturated carbocycles. The van der Waals surface area contributed by atoms with Crippen LogP contribution in [0.3, 0.4) is 0 Å². The number of pyridine rings is 1. The van der Waals surface area contributed by atoms with E-state index in [0.29, 0.717) is 11.1 Å². The molecule has 0 aliphatic heterocycles. The number of ether oxygens (including phenoxy) is 1. The molecule has 134 valence electrons. The molecule has 0 aliphatic carbocycles. The number of unbranched alkanes of at least 4 members (excludes halogenated alkanes) is 2. The molecule has 3 aromatic rings. The number of nitrogens with zero attached hydrogens (tertiary/aromatic N) is 2. The summed E-state index contributed by atoms with van der Waals surface area (Å²) in [6.07, 6.45) is 10.7.